The summed E-state index contributed by atoms with van der Waals surface area (Å²) in [6.07, 6.45) is -10.7. The molecule has 2 saturated carbocycles. The number of amides is 2. The normalized spacial score (nSPS) is 18.3. The van der Waals surface area contributed by atoms with Gasteiger partial charge in [-0.1, -0.05) is 41.5 Å². The van der Waals surface area contributed by atoms with Gasteiger partial charge in [0.25, 0.3) is 11.8 Å². The van der Waals surface area contributed by atoms with Gasteiger partial charge < -0.3 is 49.3 Å². The molecule has 2 fully saturated rings. The third-order valence-electron chi connectivity index (χ3n) is 15.5. The molecule has 4 atom stereocenters. The van der Waals surface area contributed by atoms with E-state index in [0.717, 1.165) is 61.7 Å². The van der Waals surface area contributed by atoms with Gasteiger partial charge in [-0.15, -0.1) is 26.3 Å². The van der Waals surface area contributed by atoms with E-state index >= 15 is 0 Å². The zero-order valence-corrected chi connectivity index (χ0v) is 50.6. The Bertz CT molecular complexity index is 3620. The highest BCUT2D eigenvalue weighted by molar-refractivity contribution is 5.83. The van der Waals surface area contributed by atoms with E-state index in [-0.39, 0.29) is 45.8 Å². The Morgan fingerprint density at radius 2 is 0.870 bits per heavy atom. The minimum atomic E-state index is -4.80. The number of imidazole rings is 2. The van der Waals surface area contributed by atoms with E-state index in [1.54, 1.807) is 24.3 Å². The number of benzene rings is 4. The predicted octanol–water partition coefficient (Wildman–Crippen LogP) is 16.3. The van der Waals surface area contributed by atoms with Gasteiger partial charge in [-0.05, 0) is 158 Å². The number of halogens is 12. The second-order valence-corrected chi connectivity index (χ2v) is 24.6. The summed E-state index contributed by atoms with van der Waals surface area (Å²) in [7, 11) is 0. The van der Waals surface area contributed by atoms with E-state index in [9.17, 15) is 62.3 Å². The van der Waals surface area contributed by atoms with Gasteiger partial charge in [0.15, 0.2) is 13.2 Å². The topological polar surface area (TPSA) is 181 Å². The molecule has 2 aliphatic rings. The standard InChI is InChI=1S/2C32H33F6N5O3/c2*1-19-13-21(16-30(2,3)15-19)43-27-11-10-23(45-18-28(44)40-17-26-24(31(33,34)35)5-4-12-39-26)14-25(27)42-29(43)41-20-6-8-22(9-7-20)46-32(36,37)38/h2*4-12,14,19,21H,13,15-18H2,1-3H3,(H,40,44)(H,41,42)/t2*19-,21+/m10/s1. The summed E-state index contributed by atoms with van der Waals surface area (Å²) in [5.41, 5.74) is 1.37. The van der Waals surface area contributed by atoms with Crippen LogP contribution in [0.1, 0.15) is 115 Å². The molecular weight excluding hydrogens is 1230 g/mol. The van der Waals surface area contributed by atoms with Crippen molar-refractivity contribution in [1.82, 2.24) is 39.7 Å². The smallest absolute Gasteiger partial charge is 0.484 e. The summed E-state index contributed by atoms with van der Waals surface area (Å²) in [5, 5.41) is 11.3. The van der Waals surface area contributed by atoms with Crippen molar-refractivity contribution in [3.05, 3.63) is 144 Å². The van der Waals surface area contributed by atoms with Gasteiger partial charge in [0.05, 0.1) is 57.7 Å². The Hall–Kier alpha value is -8.98. The highest BCUT2D eigenvalue weighted by Gasteiger charge is 2.39. The summed E-state index contributed by atoms with van der Waals surface area (Å²) in [5.74, 6) is 0.528. The van der Waals surface area contributed by atoms with Crippen molar-refractivity contribution in [3.8, 4) is 23.0 Å². The monoisotopic (exact) mass is 1300 g/mol. The van der Waals surface area contributed by atoms with Gasteiger partial charge in [0.2, 0.25) is 11.9 Å². The van der Waals surface area contributed by atoms with Crippen molar-refractivity contribution < 1.29 is 81.2 Å². The Labute approximate surface area is 520 Å². The molecule has 0 aliphatic heterocycles. The number of carbonyl (C=O) groups is 2. The van der Waals surface area contributed by atoms with E-state index in [0.29, 0.717) is 57.6 Å². The number of hydrogen-bond acceptors (Lipinski definition) is 12. The summed E-state index contributed by atoms with van der Waals surface area (Å²) in [6.45, 7) is 11.5. The van der Waals surface area contributed by atoms with Crippen LogP contribution in [0.25, 0.3) is 22.1 Å². The second-order valence-electron chi connectivity index (χ2n) is 24.6. The van der Waals surface area contributed by atoms with Crippen LogP contribution in [-0.4, -0.2) is 66.8 Å². The molecule has 2 aliphatic carbocycles. The summed E-state index contributed by atoms with van der Waals surface area (Å²) in [4.78, 5) is 41.9. The molecule has 10 rings (SSSR count). The Balaban J connectivity index is 0.000000217. The van der Waals surface area contributed by atoms with Gasteiger partial charge in [-0.2, -0.15) is 26.3 Å². The first-order valence-electron chi connectivity index (χ1n) is 29.2. The van der Waals surface area contributed by atoms with Crippen molar-refractivity contribution in [2.75, 3.05) is 23.8 Å². The fourth-order valence-electron chi connectivity index (χ4n) is 12.4. The van der Waals surface area contributed by atoms with E-state index in [4.69, 9.17) is 19.4 Å². The molecule has 4 aromatic heterocycles. The zero-order chi connectivity index (χ0) is 66.6. The van der Waals surface area contributed by atoms with Crippen molar-refractivity contribution in [3.63, 3.8) is 0 Å². The predicted molar refractivity (Wildman–Crippen MR) is 317 cm³/mol. The lowest BCUT2D eigenvalue weighted by molar-refractivity contribution is -0.275. The van der Waals surface area contributed by atoms with E-state index < -0.39 is 74.3 Å². The van der Waals surface area contributed by atoms with Crippen LogP contribution in [0.2, 0.25) is 0 Å². The second kappa shape index (κ2) is 27.1. The molecule has 4 N–H and O–H groups in total. The van der Waals surface area contributed by atoms with Crippen molar-refractivity contribution in [1.29, 1.82) is 0 Å². The van der Waals surface area contributed by atoms with Crippen LogP contribution in [-0.2, 0) is 35.0 Å². The fourth-order valence-corrected chi connectivity index (χ4v) is 12.4. The molecule has 492 valence electrons. The zero-order valence-electron chi connectivity index (χ0n) is 50.6. The maximum absolute atomic E-state index is 13.2. The van der Waals surface area contributed by atoms with Gasteiger partial charge in [-0.25, -0.2) is 9.97 Å². The van der Waals surface area contributed by atoms with Crippen LogP contribution in [0.5, 0.6) is 23.0 Å². The maximum Gasteiger partial charge on any atom is 0.573 e. The molecule has 4 heterocycles. The number of pyridine rings is 2. The van der Waals surface area contributed by atoms with Crippen LogP contribution in [0.15, 0.2) is 122 Å². The minimum Gasteiger partial charge on any atom is -0.484 e. The molecule has 4 aromatic carbocycles. The van der Waals surface area contributed by atoms with Crippen LogP contribution < -0.4 is 40.2 Å². The summed E-state index contributed by atoms with van der Waals surface area (Å²) >= 11 is 0. The largest absolute Gasteiger partial charge is 0.573 e. The third-order valence-corrected chi connectivity index (χ3v) is 15.5. The van der Waals surface area contributed by atoms with E-state index in [1.807, 2.05) is 12.1 Å². The number of nitrogens with zero attached hydrogens (tertiary/aromatic N) is 6. The van der Waals surface area contributed by atoms with Crippen LogP contribution >= 0.6 is 0 Å². The third kappa shape index (κ3) is 18.2. The average Bonchev–Trinajstić information content (AvgIpc) is 1.67. The first-order valence-corrected chi connectivity index (χ1v) is 29.2. The number of carbonyl (C=O) groups excluding carboxylic acids is 2. The summed E-state index contributed by atoms with van der Waals surface area (Å²) < 4.78 is 179. The number of nitrogens with one attached hydrogen (secondary N) is 4. The van der Waals surface area contributed by atoms with E-state index in [1.165, 1.54) is 73.1 Å². The van der Waals surface area contributed by atoms with Crippen molar-refractivity contribution in [2.45, 2.75) is 130 Å². The number of anilines is 4. The molecule has 2 amide bonds. The Morgan fingerprint density at radius 3 is 1.21 bits per heavy atom. The molecule has 0 radical (unpaired) electrons. The van der Waals surface area contributed by atoms with Crippen molar-refractivity contribution in [2.24, 2.45) is 22.7 Å². The number of ether oxygens (including phenoxy) is 4. The van der Waals surface area contributed by atoms with Gasteiger partial charge in [-0.3, -0.25) is 19.6 Å². The fraction of sp³-hybridized carbons (Fsp3) is 0.406. The van der Waals surface area contributed by atoms with Gasteiger partial charge in [0, 0.05) is 48.0 Å². The first-order chi connectivity index (χ1) is 43.1. The lowest BCUT2D eigenvalue weighted by Crippen LogP contribution is -2.30. The number of aromatic nitrogens is 6. The quantitative estimate of drug-likeness (QED) is 0.0598. The average molecular weight is 1300 g/mol. The Kier molecular flexibility index (Phi) is 19.8. The Morgan fingerprint density at radius 1 is 0.511 bits per heavy atom. The van der Waals surface area contributed by atoms with Crippen LogP contribution in [0.4, 0.5) is 76.0 Å². The molecular formula is C64H66F12N10O6. The highest BCUT2D eigenvalue weighted by Crippen LogP contribution is 2.48. The van der Waals surface area contributed by atoms with E-state index in [2.05, 4.69) is 91.4 Å². The lowest BCUT2D eigenvalue weighted by atomic mass is 9.70. The van der Waals surface area contributed by atoms with Gasteiger partial charge >= 0.3 is 25.1 Å². The molecule has 0 saturated heterocycles. The van der Waals surface area contributed by atoms with Crippen LogP contribution in [0, 0.1) is 22.7 Å². The van der Waals surface area contributed by atoms with Gasteiger partial charge in [0.1, 0.15) is 23.0 Å². The maximum atomic E-state index is 13.2. The number of rotatable bonds is 18. The molecule has 0 spiro atoms. The minimum absolute atomic E-state index is 0.0688. The molecule has 92 heavy (non-hydrogen) atoms. The number of hydrogen-bond donors (Lipinski definition) is 4. The number of alkyl halides is 12. The van der Waals surface area contributed by atoms with Crippen molar-refractivity contribution >= 4 is 57.2 Å². The molecule has 0 bridgehead atoms. The first kappa shape index (κ1) is 67.4. The SMILES string of the molecule is C[C@@H]1C[C@H](n2c(Nc3ccc(OC(F)(F)F)cc3)nc3cc(OCC(=O)NCc4ncccc4C(F)(F)F)ccc32)CC(C)(C)C1.C[C@H]1C[C@@H](n2c(Nc3ccc(OC(F)(F)F)cc3)nc3cc(OCC(=O)NCc4ncccc4C(F)(F)F)ccc32)CC(C)(C)C1. The lowest BCUT2D eigenvalue weighted by Gasteiger charge is -2.40. The number of fused-ring (bicyclic) bond motifs is 2. The molecule has 16 nitrogen and oxygen atoms in total. The summed E-state index contributed by atoms with van der Waals surface area (Å²) in [6, 6.07) is 25.3. The molecule has 8 aromatic rings. The molecule has 0 unspecified atom stereocenters. The highest BCUT2D eigenvalue weighted by atomic mass is 19.4. The van der Waals surface area contributed by atoms with Crippen LogP contribution in [0.3, 0.4) is 0 Å². The molecule has 28 heteroatoms.